The van der Waals surface area contributed by atoms with Gasteiger partial charge in [0.05, 0.1) is 19.6 Å². The van der Waals surface area contributed by atoms with Crippen LogP contribution in [0.1, 0.15) is 24.0 Å². The van der Waals surface area contributed by atoms with Gasteiger partial charge in [0.25, 0.3) is 0 Å². The lowest BCUT2D eigenvalue weighted by Gasteiger charge is -2.35. The molecule has 19 heavy (non-hydrogen) atoms. The summed E-state index contributed by atoms with van der Waals surface area (Å²) >= 11 is 0. The van der Waals surface area contributed by atoms with Crippen molar-refractivity contribution in [3.63, 3.8) is 0 Å². The molecule has 0 saturated heterocycles. The van der Waals surface area contributed by atoms with Crippen LogP contribution in [-0.4, -0.2) is 32.3 Å². The number of ether oxygens (including phenoxy) is 2. The van der Waals surface area contributed by atoms with E-state index in [1.807, 2.05) is 18.2 Å². The van der Waals surface area contributed by atoms with Gasteiger partial charge < -0.3 is 14.8 Å². The second-order valence-electron chi connectivity index (χ2n) is 4.93. The molecular formula is C15H21NO3. The quantitative estimate of drug-likeness (QED) is 0.793. The fourth-order valence-electron chi connectivity index (χ4n) is 2.31. The van der Waals surface area contributed by atoms with Crippen LogP contribution in [0.2, 0.25) is 0 Å². The molecule has 1 fully saturated rings. The van der Waals surface area contributed by atoms with Crippen molar-refractivity contribution >= 4 is 5.97 Å². The molecule has 2 rings (SSSR count). The van der Waals surface area contributed by atoms with Gasteiger partial charge in [-0.3, -0.25) is 4.79 Å². The summed E-state index contributed by atoms with van der Waals surface area (Å²) in [4.78, 5) is 11.4. The van der Waals surface area contributed by atoms with E-state index in [-0.39, 0.29) is 5.97 Å². The predicted octanol–water partition coefficient (Wildman–Crippen LogP) is 1.67. The van der Waals surface area contributed by atoms with Crippen LogP contribution >= 0.6 is 0 Å². The summed E-state index contributed by atoms with van der Waals surface area (Å²) in [5.74, 6) is -0.199. The molecule has 4 heteroatoms. The predicted molar refractivity (Wildman–Crippen MR) is 72.8 cm³/mol. The van der Waals surface area contributed by atoms with Crippen LogP contribution in [0.15, 0.2) is 24.3 Å². The van der Waals surface area contributed by atoms with E-state index in [1.54, 1.807) is 7.11 Å². The van der Waals surface area contributed by atoms with E-state index in [9.17, 15) is 4.79 Å². The monoisotopic (exact) mass is 263 g/mol. The normalized spacial score (nSPS) is 21.8. The molecule has 1 aromatic rings. The van der Waals surface area contributed by atoms with Crippen molar-refractivity contribution < 1.29 is 14.3 Å². The van der Waals surface area contributed by atoms with Gasteiger partial charge in [0.15, 0.2) is 0 Å². The summed E-state index contributed by atoms with van der Waals surface area (Å²) < 4.78 is 9.98. The highest BCUT2D eigenvalue weighted by molar-refractivity contribution is 5.72. The maximum atomic E-state index is 11.4. The second-order valence-corrected chi connectivity index (χ2v) is 4.93. The molecule has 1 aliphatic carbocycles. The van der Waals surface area contributed by atoms with E-state index < -0.39 is 0 Å². The van der Waals surface area contributed by atoms with E-state index in [1.165, 1.54) is 7.11 Å². The molecule has 0 bridgehead atoms. The third-order valence-electron chi connectivity index (χ3n) is 3.69. The molecule has 1 aliphatic rings. The lowest BCUT2D eigenvalue weighted by Crippen LogP contribution is -2.44. The lowest BCUT2D eigenvalue weighted by atomic mass is 9.89. The van der Waals surface area contributed by atoms with Crippen LogP contribution in [0.5, 0.6) is 0 Å². The van der Waals surface area contributed by atoms with Crippen molar-refractivity contribution in [1.82, 2.24) is 5.32 Å². The zero-order chi connectivity index (χ0) is 13.7. The number of carbonyl (C=O) groups excluding carboxylic acids is 1. The number of esters is 1. The van der Waals surface area contributed by atoms with Gasteiger partial charge in [0.1, 0.15) is 0 Å². The smallest absolute Gasteiger partial charge is 0.309 e. The molecule has 0 aromatic heterocycles. The van der Waals surface area contributed by atoms with Crippen molar-refractivity contribution in [2.75, 3.05) is 14.2 Å². The first-order chi connectivity index (χ1) is 9.22. The molecule has 0 aliphatic heterocycles. The third-order valence-corrected chi connectivity index (χ3v) is 3.69. The van der Waals surface area contributed by atoms with Crippen molar-refractivity contribution in [3.05, 3.63) is 35.4 Å². The van der Waals surface area contributed by atoms with Gasteiger partial charge in [-0.1, -0.05) is 24.3 Å². The molecule has 1 saturated carbocycles. The molecule has 0 radical (unpaired) electrons. The Kier molecular flexibility index (Phi) is 4.93. The highest BCUT2D eigenvalue weighted by Crippen LogP contribution is 2.23. The number of rotatable bonds is 6. The summed E-state index contributed by atoms with van der Waals surface area (Å²) in [6.45, 7) is 0.786. The van der Waals surface area contributed by atoms with Crippen LogP contribution in [0.4, 0.5) is 0 Å². The van der Waals surface area contributed by atoms with Crippen LogP contribution in [0.3, 0.4) is 0 Å². The molecule has 0 spiro atoms. The van der Waals surface area contributed by atoms with Crippen LogP contribution in [-0.2, 0) is 27.2 Å². The van der Waals surface area contributed by atoms with Crippen molar-refractivity contribution in [1.29, 1.82) is 0 Å². The number of nitrogens with one attached hydrogen (secondary N) is 1. The largest absolute Gasteiger partial charge is 0.469 e. The Morgan fingerprint density at radius 1 is 1.26 bits per heavy atom. The van der Waals surface area contributed by atoms with E-state index in [2.05, 4.69) is 11.4 Å². The molecular weight excluding hydrogens is 242 g/mol. The minimum Gasteiger partial charge on any atom is -0.469 e. The van der Waals surface area contributed by atoms with Gasteiger partial charge in [-0.2, -0.15) is 0 Å². The lowest BCUT2D eigenvalue weighted by molar-refractivity contribution is -0.139. The summed E-state index contributed by atoms with van der Waals surface area (Å²) in [5.41, 5.74) is 2.19. The minimum absolute atomic E-state index is 0.199. The highest BCUT2D eigenvalue weighted by atomic mass is 16.5. The molecule has 0 atom stereocenters. The Balaban J connectivity index is 1.87. The molecule has 1 aromatic carbocycles. The first-order valence-electron chi connectivity index (χ1n) is 6.62. The van der Waals surface area contributed by atoms with Gasteiger partial charge in [-0.25, -0.2) is 0 Å². The van der Waals surface area contributed by atoms with Gasteiger partial charge >= 0.3 is 5.97 Å². The van der Waals surface area contributed by atoms with Crippen molar-refractivity contribution in [3.8, 4) is 0 Å². The van der Waals surface area contributed by atoms with Crippen LogP contribution in [0.25, 0.3) is 0 Å². The first kappa shape index (κ1) is 14.0. The molecule has 104 valence electrons. The zero-order valence-corrected chi connectivity index (χ0v) is 11.5. The van der Waals surface area contributed by atoms with Crippen molar-refractivity contribution in [2.24, 2.45) is 0 Å². The van der Waals surface area contributed by atoms with Crippen LogP contribution in [0, 0.1) is 0 Å². The third kappa shape index (κ3) is 3.78. The average Bonchev–Trinajstić information content (AvgIpc) is 2.38. The number of carbonyl (C=O) groups is 1. The average molecular weight is 263 g/mol. The van der Waals surface area contributed by atoms with E-state index in [0.717, 1.165) is 30.5 Å². The molecule has 0 heterocycles. The maximum Gasteiger partial charge on any atom is 0.309 e. The first-order valence-corrected chi connectivity index (χ1v) is 6.62. The van der Waals surface area contributed by atoms with Gasteiger partial charge in [0, 0.05) is 19.7 Å². The molecule has 4 nitrogen and oxygen atoms in total. The molecule has 0 unspecified atom stereocenters. The zero-order valence-electron chi connectivity index (χ0n) is 11.5. The van der Waals surface area contributed by atoms with E-state index in [4.69, 9.17) is 9.47 Å². The van der Waals surface area contributed by atoms with Gasteiger partial charge in [-0.05, 0) is 24.0 Å². The summed E-state index contributed by atoms with van der Waals surface area (Å²) in [7, 11) is 3.18. The Labute approximate surface area is 114 Å². The topological polar surface area (TPSA) is 47.6 Å². The Morgan fingerprint density at radius 2 is 1.95 bits per heavy atom. The fourth-order valence-corrected chi connectivity index (χ4v) is 2.31. The van der Waals surface area contributed by atoms with E-state index in [0.29, 0.717) is 18.6 Å². The molecule has 0 amide bonds. The SMILES string of the molecule is COC(=O)Cc1ccccc1CNC1CC(OC)C1. The standard InChI is InChI=1S/C15H21NO3/c1-18-14-8-13(9-14)16-10-12-6-4-3-5-11(12)7-15(17)19-2/h3-6,13-14,16H,7-10H2,1-2H3. The Morgan fingerprint density at radius 3 is 2.58 bits per heavy atom. The summed E-state index contributed by atoms with van der Waals surface area (Å²) in [5, 5.41) is 3.50. The number of hydrogen-bond acceptors (Lipinski definition) is 4. The van der Waals surface area contributed by atoms with Gasteiger partial charge in [0.2, 0.25) is 0 Å². The number of methoxy groups -OCH3 is 2. The summed E-state index contributed by atoms with van der Waals surface area (Å²) in [6.07, 6.45) is 2.87. The number of benzene rings is 1. The van der Waals surface area contributed by atoms with Gasteiger partial charge in [-0.15, -0.1) is 0 Å². The Bertz CT molecular complexity index is 427. The highest BCUT2D eigenvalue weighted by Gasteiger charge is 2.28. The van der Waals surface area contributed by atoms with Crippen LogP contribution < -0.4 is 5.32 Å². The maximum absolute atomic E-state index is 11.4. The summed E-state index contributed by atoms with van der Waals surface area (Å²) in [6, 6.07) is 8.50. The molecule has 1 N–H and O–H groups in total. The van der Waals surface area contributed by atoms with Crippen molar-refractivity contribution in [2.45, 2.75) is 38.0 Å². The van der Waals surface area contributed by atoms with E-state index >= 15 is 0 Å². The minimum atomic E-state index is -0.199. The fraction of sp³-hybridized carbons (Fsp3) is 0.533. The second kappa shape index (κ2) is 6.68. The Hall–Kier alpha value is -1.39. The number of hydrogen-bond donors (Lipinski definition) is 1.